The highest BCUT2D eigenvalue weighted by atomic mass is 32.2. The van der Waals surface area contributed by atoms with E-state index in [2.05, 4.69) is 11.0 Å². The summed E-state index contributed by atoms with van der Waals surface area (Å²) in [5.74, 6) is 0.411. The van der Waals surface area contributed by atoms with Crippen molar-refractivity contribution in [1.82, 2.24) is 9.47 Å². The van der Waals surface area contributed by atoms with Crippen LogP contribution >= 0.6 is 24.0 Å². The van der Waals surface area contributed by atoms with Gasteiger partial charge in [-0.15, -0.1) is 0 Å². The Morgan fingerprint density at radius 3 is 2.53 bits per heavy atom. The van der Waals surface area contributed by atoms with E-state index in [4.69, 9.17) is 12.2 Å². The molecule has 0 bridgehead atoms. The number of hydrogen-bond acceptors (Lipinski definition) is 8. The number of thiocarbonyl (C=S) groups is 1. The summed E-state index contributed by atoms with van der Waals surface area (Å²) in [4.78, 5) is 30.6. The third-order valence-electron chi connectivity index (χ3n) is 6.62. The van der Waals surface area contributed by atoms with Crippen LogP contribution in [0.2, 0.25) is 0 Å². The first kappa shape index (κ1) is 24.9. The highest BCUT2D eigenvalue weighted by molar-refractivity contribution is 8.26. The van der Waals surface area contributed by atoms with Crippen molar-refractivity contribution in [1.29, 1.82) is 5.26 Å². The Bertz CT molecular complexity index is 1270. The summed E-state index contributed by atoms with van der Waals surface area (Å²) in [6.45, 7) is 5.81. The van der Waals surface area contributed by atoms with Crippen LogP contribution in [-0.4, -0.2) is 58.7 Å². The molecule has 34 heavy (non-hydrogen) atoms. The van der Waals surface area contributed by atoms with Gasteiger partial charge in [-0.25, -0.2) is 8.42 Å². The van der Waals surface area contributed by atoms with Gasteiger partial charge < -0.3 is 4.90 Å². The van der Waals surface area contributed by atoms with Crippen LogP contribution in [0.1, 0.15) is 55.7 Å². The van der Waals surface area contributed by atoms with Crippen molar-refractivity contribution in [2.24, 2.45) is 0 Å². The van der Waals surface area contributed by atoms with Gasteiger partial charge in [0.05, 0.1) is 22.5 Å². The highest BCUT2D eigenvalue weighted by Gasteiger charge is 2.42. The van der Waals surface area contributed by atoms with E-state index in [0.29, 0.717) is 33.3 Å². The number of amides is 1. The zero-order valence-electron chi connectivity index (χ0n) is 19.4. The molecule has 1 atom stereocenters. The topological polar surface area (TPSA) is 103 Å². The lowest BCUT2D eigenvalue weighted by Gasteiger charge is -2.33. The van der Waals surface area contributed by atoms with Gasteiger partial charge in [-0.1, -0.05) is 30.9 Å². The minimum atomic E-state index is -3.17. The fraction of sp³-hybridized carbons (Fsp3) is 0.565. The number of piperidine rings is 1. The van der Waals surface area contributed by atoms with Crippen molar-refractivity contribution in [3.8, 4) is 6.07 Å². The summed E-state index contributed by atoms with van der Waals surface area (Å²) >= 11 is 6.61. The van der Waals surface area contributed by atoms with Gasteiger partial charge in [0.1, 0.15) is 21.8 Å². The van der Waals surface area contributed by atoms with Crippen molar-refractivity contribution >= 4 is 55.9 Å². The summed E-state index contributed by atoms with van der Waals surface area (Å²) in [5, 5.41) is 9.75. The smallest absolute Gasteiger partial charge is 0.270 e. The van der Waals surface area contributed by atoms with Crippen LogP contribution in [-0.2, 0) is 21.2 Å². The van der Waals surface area contributed by atoms with E-state index in [1.54, 1.807) is 17.6 Å². The molecule has 4 heterocycles. The van der Waals surface area contributed by atoms with E-state index >= 15 is 0 Å². The van der Waals surface area contributed by atoms with E-state index in [-0.39, 0.29) is 28.5 Å². The Morgan fingerprint density at radius 2 is 1.94 bits per heavy atom. The third-order valence-corrected chi connectivity index (χ3v) is 9.70. The molecule has 3 saturated heterocycles. The van der Waals surface area contributed by atoms with E-state index in [9.17, 15) is 23.3 Å². The normalized spacial score (nSPS) is 23.7. The molecule has 3 aliphatic heterocycles. The number of nitrogens with zero attached hydrogens (tertiary/aromatic N) is 4. The number of hydrogen-bond donors (Lipinski definition) is 0. The van der Waals surface area contributed by atoms with Gasteiger partial charge in [-0.05, 0) is 50.7 Å². The summed E-state index contributed by atoms with van der Waals surface area (Å²) in [6.07, 6.45) is 6.00. The predicted molar refractivity (Wildman–Crippen MR) is 139 cm³/mol. The molecule has 11 heteroatoms. The van der Waals surface area contributed by atoms with E-state index < -0.39 is 15.9 Å². The molecule has 0 aromatic carbocycles. The predicted octanol–water partition coefficient (Wildman–Crippen LogP) is 2.82. The molecule has 3 aliphatic rings. The van der Waals surface area contributed by atoms with Crippen molar-refractivity contribution in [2.45, 2.75) is 58.5 Å². The first-order valence-electron chi connectivity index (χ1n) is 11.6. The molecule has 0 aliphatic carbocycles. The second-order valence-corrected chi connectivity index (χ2v) is 12.9. The second-order valence-electron chi connectivity index (χ2n) is 8.96. The van der Waals surface area contributed by atoms with Gasteiger partial charge in [-0.2, -0.15) is 5.26 Å². The number of carbonyl (C=O) groups is 1. The molecule has 8 nitrogen and oxygen atoms in total. The molecule has 1 unspecified atom stereocenters. The van der Waals surface area contributed by atoms with Crippen molar-refractivity contribution < 1.29 is 13.2 Å². The Kier molecular flexibility index (Phi) is 7.22. The number of aromatic nitrogens is 1. The van der Waals surface area contributed by atoms with Crippen LogP contribution in [0.25, 0.3) is 6.08 Å². The number of nitriles is 1. The zero-order valence-corrected chi connectivity index (χ0v) is 21.8. The molecule has 1 aromatic rings. The minimum Gasteiger partial charge on any atom is -0.357 e. The fourth-order valence-electron chi connectivity index (χ4n) is 4.93. The van der Waals surface area contributed by atoms with Crippen molar-refractivity contribution in [3.63, 3.8) is 0 Å². The van der Waals surface area contributed by atoms with Gasteiger partial charge in [0.25, 0.3) is 11.5 Å². The Morgan fingerprint density at radius 1 is 1.24 bits per heavy atom. The van der Waals surface area contributed by atoms with Gasteiger partial charge in [0.15, 0.2) is 9.84 Å². The minimum absolute atomic E-state index is 0.0551. The van der Waals surface area contributed by atoms with Crippen molar-refractivity contribution in [3.05, 3.63) is 31.9 Å². The van der Waals surface area contributed by atoms with Gasteiger partial charge >= 0.3 is 0 Å². The number of pyridine rings is 1. The van der Waals surface area contributed by atoms with Crippen LogP contribution in [0.4, 0.5) is 5.82 Å². The molecule has 3 fully saturated rings. The van der Waals surface area contributed by atoms with Crippen LogP contribution < -0.4 is 10.5 Å². The first-order valence-corrected chi connectivity index (χ1v) is 14.6. The molecule has 0 saturated carbocycles. The van der Waals surface area contributed by atoms with Crippen LogP contribution in [0, 0.1) is 18.3 Å². The quantitative estimate of drug-likeness (QED) is 0.431. The van der Waals surface area contributed by atoms with Crippen LogP contribution in [0.3, 0.4) is 0 Å². The Labute approximate surface area is 209 Å². The van der Waals surface area contributed by atoms with Gasteiger partial charge in [0, 0.05) is 25.2 Å². The molecular formula is C23H28N4O4S3. The molecule has 1 amide bonds. The van der Waals surface area contributed by atoms with E-state index in [1.807, 2.05) is 6.92 Å². The first-order chi connectivity index (χ1) is 16.2. The molecular weight excluding hydrogens is 492 g/mol. The summed E-state index contributed by atoms with van der Waals surface area (Å²) in [6, 6.07) is 1.62. The SMILES string of the molecule is CCCn1c(N2CCCCC2)c(/C=C2/SC(=S)N(C3CCS(=O)(=O)C3)C2=O)c(C)c(C#N)c1=O. The van der Waals surface area contributed by atoms with Crippen LogP contribution in [0.15, 0.2) is 9.70 Å². The monoisotopic (exact) mass is 520 g/mol. The van der Waals surface area contributed by atoms with E-state index in [1.165, 1.54) is 4.90 Å². The van der Waals surface area contributed by atoms with Gasteiger partial charge in [-0.3, -0.25) is 19.1 Å². The van der Waals surface area contributed by atoms with Crippen LogP contribution in [0.5, 0.6) is 0 Å². The molecule has 0 N–H and O–H groups in total. The zero-order chi connectivity index (χ0) is 24.6. The fourth-order valence-corrected chi connectivity index (χ4v) is 8.01. The maximum atomic E-state index is 13.4. The van der Waals surface area contributed by atoms with Crippen molar-refractivity contribution in [2.75, 3.05) is 29.5 Å². The Balaban J connectivity index is 1.84. The molecule has 4 rings (SSSR count). The average molecular weight is 521 g/mol. The lowest BCUT2D eigenvalue weighted by atomic mass is 10.0. The lowest BCUT2D eigenvalue weighted by molar-refractivity contribution is -0.123. The van der Waals surface area contributed by atoms with E-state index in [0.717, 1.165) is 56.4 Å². The van der Waals surface area contributed by atoms with Gasteiger partial charge in [0.2, 0.25) is 0 Å². The molecule has 0 radical (unpaired) electrons. The number of rotatable bonds is 5. The summed E-state index contributed by atoms with van der Waals surface area (Å²) in [5.41, 5.74) is 1.02. The molecule has 182 valence electrons. The number of sulfone groups is 1. The molecule has 1 aromatic heterocycles. The Hall–Kier alpha value is -2.16. The highest BCUT2D eigenvalue weighted by Crippen LogP contribution is 2.38. The number of anilines is 1. The average Bonchev–Trinajstić information content (AvgIpc) is 3.29. The third kappa shape index (κ3) is 4.55. The summed E-state index contributed by atoms with van der Waals surface area (Å²) in [7, 11) is -3.17. The summed E-state index contributed by atoms with van der Waals surface area (Å²) < 4.78 is 26.0. The largest absolute Gasteiger partial charge is 0.357 e. The maximum Gasteiger partial charge on any atom is 0.270 e. The number of thioether (sulfide) groups is 1. The maximum absolute atomic E-state index is 13.4. The standard InChI is InChI=1S/C23H28N4O4S3/c1-3-8-26-20(25-9-5-4-6-10-25)17(15(2)18(13-24)21(26)28)12-19-22(29)27(23(32)33-19)16-7-11-34(30,31)14-16/h12,16H,3-11,14H2,1-2H3/b19-12+. The number of carbonyl (C=O) groups excluding carboxylic acids is 1. The molecule has 0 spiro atoms. The second kappa shape index (κ2) is 9.84. The lowest BCUT2D eigenvalue weighted by Crippen LogP contribution is -2.39.